The Morgan fingerprint density at radius 1 is 1.32 bits per heavy atom. The van der Waals surface area contributed by atoms with Crippen LogP contribution in [0.1, 0.15) is 12.0 Å². The maximum atomic E-state index is 10.8. The molecule has 0 aromatic carbocycles. The summed E-state index contributed by atoms with van der Waals surface area (Å²) in [5.41, 5.74) is 3.21. The Labute approximate surface area is 126 Å². The summed E-state index contributed by atoms with van der Waals surface area (Å²) in [7, 11) is 1.61. The summed E-state index contributed by atoms with van der Waals surface area (Å²) in [6.45, 7) is 0. The minimum absolute atomic E-state index is 0.0659. The predicted octanol–water partition coefficient (Wildman–Crippen LogP) is 2.65. The van der Waals surface area contributed by atoms with E-state index in [0.717, 1.165) is 22.2 Å². The van der Waals surface area contributed by atoms with Crippen LogP contribution in [0.4, 0.5) is 0 Å². The molecule has 0 aliphatic carbocycles. The molecule has 3 aromatic heterocycles. The molecule has 0 saturated heterocycles. The molecule has 0 radical (unpaired) electrons. The van der Waals surface area contributed by atoms with E-state index in [1.807, 2.05) is 18.3 Å². The molecule has 0 aliphatic heterocycles. The van der Waals surface area contributed by atoms with Gasteiger partial charge in [-0.3, -0.25) is 9.78 Å². The number of aromatic nitrogens is 3. The second-order valence-electron chi connectivity index (χ2n) is 4.84. The average molecular weight is 297 g/mol. The van der Waals surface area contributed by atoms with Gasteiger partial charge in [-0.25, -0.2) is 4.98 Å². The molecule has 0 aliphatic rings. The summed E-state index contributed by atoms with van der Waals surface area (Å²) >= 11 is 0. The summed E-state index contributed by atoms with van der Waals surface area (Å²) in [6.07, 6.45) is 5.68. The third-order valence-corrected chi connectivity index (χ3v) is 3.51. The molecule has 3 heterocycles. The Morgan fingerprint density at radius 2 is 2.18 bits per heavy atom. The van der Waals surface area contributed by atoms with Gasteiger partial charge in [0.25, 0.3) is 0 Å². The van der Waals surface area contributed by atoms with Crippen LogP contribution >= 0.6 is 0 Å². The molecule has 0 saturated carbocycles. The average Bonchev–Trinajstić information content (AvgIpc) is 2.97. The summed E-state index contributed by atoms with van der Waals surface area (Å²) in [5, 5.41) is 9.74. The summed E-state index contributed by atoms with van der Waals surface area (Å²) < 4.78 is 5.40. The minimum atomic E-state index is -0.826. The molecule has 3 aromatic rings. The van der Waals surface area contributed by atoms with Crippen LogP contribution in [0.15, 0.2) is 36.8 Å². The number of ether oxygens (including phenoxy) is 1. The van der Waals surface area contributed by atoms with Crippen molar-refractivity contribution in [1.29, 1.82) is 0 Å². The number of carboxylic acid groups (broad SMARTS) is 1. The monoisotopic (exact) mass is 297 g/mol. The van der Waals surface area contributed by atoms with Gasteiger partial charge in [-0.1, -0.05) is 6.07 Å². The SMILES string of the molecule is COc1ccnc2[nH]cc(-c3ncccc3CCC(=O)O)c12. The van der Waals surface area contributed by atoms with Gasteiger partial charge in [-0.05, 0) is 24.1 Å². The molecule has 112 valence electrons. The van der Waals surface area contributed by atoms with Crippen LogP contribution in [0.2, 0.25) is 0 Å². The van der Waals surface area contributed by atoms with Crippen LogP contribution in [0.25, 0.3) is 22.3 Å². The smallest absolute Gasteiger partial charge is 0.303 e. The number of aliphatic carboxylic acids is 1. The number of hydrogen-bond acceptors (Lipinski definition) is 4. The summed E-state index contributed by atoms with van der Waals surface area (Å²) in [4.78, 5) is 22.6. The molecule has 2 N–H and O–H groups in total. The molecule has 6 heteroatoms. The lowest BCUT2D eigenvalue weighted by atomic mass is 10.0. The van der Waals surface area contributed by atoms with Gasteiger partial charge in [-0.2, -0.15) is 0 Å². The molecule has 3 rings (SSSR count). The fourth-order valence-corrected chi connectivity index (χ4v) is 2.51. The molecule has 0 amide bonds. The van der Waals surface area contributed by atoms with Crippen LogP contribution < -0.4 is 4.74 Å². The highest BCUT2D eigenvalue weighted by atomic mass is 16.5. The van der Waals surface area contributed by atoms with Crippen molar-refractivity contribution in [2.45, 2.75) is 12.8 Å². The normalized spacial score (nSPS) is 10.8. The maximum Gasteiger partial charge on any atom is 0.303 e. The number of pyridine rings is 2. The van der Waals surface area contributed by atoms with E-state index in [9.17, 15) is 4.79 Å². The number of nitrogens with one attached hydrogen (secondary N) is 1. The molecule has 0 bridgehead atoms. The molecule has 0 spiro atoms. The molecular weight excluding hydrogens is 282 g/mol. The number of carboxylic acids is 1. The van der Waals surface area contributed by atoms with E-state index < -0.39 is 5.97 Å². The first kappa shape index (κ1) is 14.1. The van der Waals surface area contributed by atoms with Gasteiger partial charge >= 0.3 is 5.97 Å². The van der Waals surface area contributed by atoms with Gasteiger partial charge in [0.2, 0.25) is 0 Å². The van der Waals surface area contributed by atoms with Crippen molar-refractivity contribution in [3.63, 3.8) is 0 Å². The number of aryl methyl sites for hydroxylation is 1. The molecular formula is C16H15N3O3. The van der Waals surface area contributed by atoms with E-state index in [-0.39, 0.29) is 6.42 Å². The first-order valence-electron chi connectivity index (χ1n) is 6.87. The lowest BCUT2D eigenvalue weighted by molar-refractivity contribution is -0.136. The second-order valence-corrected chi connectivity index (χ2v) is 4.84. The molecule has 0 atom stereocenters. The van der Waals surface area contributed by atoms with Crippen LogP contribution in [0.3, 0.4) is 0 Å². The van der Waals surface area contributed by atoms with Crippen molar-refractivity contribution in [3.05, 3.63) is 42.4 Å². The van der Waals surface area contributed by atoms with E-state index in [1.54, 1.807) is 25.6 Å². The second kappa shape index (κ2) is 5.85. The predicted molar refractivity (Wildman–Crippen MR) is 81.8 cm³/mol. The van der Waals surface area contributed by atoms with E-state index in [0.29, 0.717) is 17.8 Å². The highest BCUT2D eigenvalue weighted by Gasteiger charge is 2.16. The van der Waals surface area contributed by atoms with Gasteiger partial charge in [0.15, 0.2) is 0 Å². The van der Waals surface area contributed by atoms with Gasteiger partial charge in [0, 0.05) is 30.6 Å². The van der Waals surface area contributed by atoms with Crippen molar-refractivity contribution in [2.24, 2.45) is 0 Å². The van der Waals surface area contributed by atoms with Gasteiger partial charge < -0.3 is 14.8 Å². The lowest BCUT2D eigenvalue weighted by Crippen LogP contribution is -2.00. The molecule has 0 fully saturated rings. The zero-order valence-corrected chi connectivity index (χ0v) is 12.0. The Bertz CT molecular complexity index is 826. The third-order valence-electron chi connectivity index (χ3n) is 3.51. The van der Waals surface area contributed by atoms with Crippen molar-refractivity contribution < 1.29 is 14.6 Å². The van der Waals surface area contributed by atoms with Crippen LogP contribution in [0.5, 0.6) is 5.75 Å². The number of fused-ring (bicyclic) bond motifs is 1. The summed E-state index contributed by atoms with van der Waals surface area (Å²) in [6, 6.07) is 5.50. The number of nitrogens with zero attached hydrogens (tertiary/aromatic N) is 2. The maximum absolute atomic E-state index is 10.8. The quantitative estimate of drug-likeness (QED) is 0.756. The van der Waals surface area contributed by atoms with Gasteiger partial charge in [0.1, 0.15) is 11.4 Å². The third kappa shape index (κ3) is 2.50. The Hall–Kier alpha value is -2.89. The lowest BCUT2D eigenvalue weighted by Gasteiger charge is -2.08. The fraction of sp³-hybridized carbons (Fsp3) is 0.188. The Morgan fingerprint density at radius 3 is 2.95 bits per heavy atom. The van der Waals surface area contributed by atoms with Crippen molar-refractivity contribution in [1.82, 2.24) is 15.0 Å². The Balaban J connectivity index is 2.14. The minimum Gasteiger partial charge on any atom is -0.496 e. The number of H-pyrrole nitrogens is 1. The molecule has 6 nitrogen and oxygen atoms in total. The van der Waals surface area contributed by atoms with Crippen molar-refractivity contribution in [2.75, 3.05) is 7.11 Å². The number of hydrogen-bond donors (Lipinski definition) is 2. The van der Waals surface area contributed by atoms with Gasteiger partial charge in [0.05, 0.1) is 18.2 Å². The fourth-order valence-electron chi connectivity index (χ4n) is 2.51. The largest absolute Gasteiger partial charge is 0.496 e. The van der Waals surface area contributed by atoms with Crippen LogP contribution in [-0.2, 0) is 11.2 Å². The van der Waals surface area contributed by atoms with E-state index in [4.69, 9.17) is 9.84 Å². The topological polar surface area (TPSA) is 88.1 Å². The first-order chi connectivity index (χ1) is 10.7. The van der Waals surface area contributed by atoms with Crippen LogP contribution in [0, 0.1) is 0 Å². The van der Waals surface area contributed by atoms with Crippen molar-refractivity contribution >= 4 is 17.0 Å². The molecule has 0 unspecified atom stereocenters. The van der Waals surface area contributed by atoms with E-state index >= 15 is 0 Å². The number of rotatable bonds is 5. The van der Waals surface area contributed by atoms with Crippen LogP contribution in [-0.4, -0.2) is 33.1 Å². The molecule has 22 heavy (non-hydrogen) atoms. The van der Waals surface area contributed by atoms with E-state index in [1.165, 1.54) is 0 Å². The van der Waals surface area contributed by atoms with Crippen molar-refractivity contribution in [3.8, 4) is 17.0 Å². The number of carbonyl (C=O) groups is 1. The Kier molecular flexibility index (Phi) is 3.74. The van der Waals surface area contributed by atoms with E-state index in [2.05, 4.69) is 15.0 Å². The highest BCUT2D eigenvalue weighted by molar-refractivity contribution is 5.97. The summed E-state index contributed by atoms with van der Waals surface area (Å²) in [5.74, 6) is -0.121. The van der Waals surface area contributed by atoms with Gasteiger partial charge in [-0.15, -0.1) is 0 Å². The number of methoxy groups -OCH3 is 1. The first-order valence-corrected chi connectivity index (χ1v) is 6.87. The zero-order chi connectivity index (χ0) is 15.5. The standard InChI is InChI=1S/C16H15N3O3/c1-22-12-6-8-18-16-14(12)11(9-19-16)15-10(3-2-7-17-15)4-5-13(20)21/h2-3,6-9H,4-5H2,1H3,(H,18,19)(H,20,21). The zero-order valence-electron chi connectivity index (χ0n) is 12.0. The highest BCUT2D eigenvalue weighted by Crippen LogP contribution is 2.34. The number of aromatic amines is 1.